The van der Waals surface area contributed by atoms with Crippen molar-refractivity contribution in [3.8, 4) is 11.4 Å². The molecule has 0 atom stereocenters. The Labute approximate surface area is 158 Å². The van der Waals surface area contributed by atoms with Gasteiger partial charge in [-0.1, -0.05) is 45.0 Å². The Morgan fingerprint density at radius 1 is 1.04 bits per heavy atom. The Morgan fingerprint density at radius 2 is 1.74 bits per heavy atom. The van der Waals surface area contributed by atoms with Gasteiger partial charge in [0.15, 0.2) is 5.82 Å². The van der Waals surface area contributed by atoms with Crippen LogP contribution in [0, 0.1) is 6.92 Å². The van der Waals surface area contributed by atoms with Crippen molar-refractivity contribution in [2.45, 2.75) is 33.1 Å². The van der Waals surface area contributed by atoms with Gasteiger partial charge in [-0.3, -0.25) is 4.79 Å². The summed E-state index contributed by atoms with van der Waals surface area (Å²) in [7, 11) is 0. The third kappa shape index (κ3) is 4.11. The molecule has 3 aromatic rings. The maximum Gasteiger partial charge on any atom is 0.255 e. The van der Waals surface area contributed by atoms with Gasteiger partial charge in [-0.05, 0) is 41.7 Å². The zero-order valence-corrected chi connectivity index (χ0v) is 15.9. The second-order valence-corrected chi connectivity index (χ2v) is 7.43. The Kier molecular flexibility index (Phi) is 4.90. The van der Waals surface area contributed by atoms with Crippen LogP contribution in [0.5, 0.6) is 0 Å². The summed E-state index contributed by atoms with van der Waals surface area (Å²) in [5, 5.41) is 2.97. The average molecular weight is 361 g/mol. The van der Waals surface area contributed by atoms with E-state index in [0.717, 1.165) is 11.1 Å². The summed E-state index contributed by atoms with van der Waals surface area (Å²) >= 11 is 0. The number of hydrogen-bond donors (Lipinski definition) is 2. The maximum atomic E-state index is 12.7. The van der Waals surface area contributed by atoms with E-state index in [1.54, 1.807) is 0 Å². The number of nitrogens with one attached hydrogen (secondary N) is 1. The molecule has 27 heavy (non-hydrogen) atoms. The monoisotopic (exact) mass is 361 g/mol. The van der Waals surface area contributed by atoms with Crippen LogP contribution in [0.4, 0.5) is 11.6 Å². The van der Waals surface area contributed by atoms with Gasteiger partial charge in [0.1, 0.15) is 6.33 Å². The Bertz CT molecular complexity index is 975. The van der Waals surface area contributed by atoms with Crippen molar-refractivity contribution in [2.75, 3.05) is 11.1 Å². The first-order valence-corrected chi connectivity index (χ1v) is 8.72. The van der Waals surface area contributed by atoms with Crippen molar-refractivity contribution in [3.63, 3.8) is 0 Å². The highest BCUT2D eigenvalue weighted by Crippen LogP contribution is 2.27. The van der Waals surface area contributed by atoms with E-state index in [9.17, 15) is 4.79 Å². The first-order chi connectivity index (χ1) is 12.8. The molecule has 3 rings (SSSR count). The molecule has 0 bridgehead atoms. The summed E-state index contributed by atoms with van der Waals surface area (Å²) in [4.78, 5) is 24.8. The molecule has 0 saturated heterocycles. The molecular formula is C21H23N5O. The molecule has 6 nitrogen and oxygen atoms in total. The minimum atomic E-state index is -0.161. The van der Waals surface area contributed by atoms with Crippen molar-refractivity contribution < 1.29 is 4.79 Å². The zero-order chi connectivity index (χ0) is 19.6. The minimum absolute atomic E-state index is 0.0479. The van der Waals surface area contributed by atoms with Crippen LogP contribution in [0.25, 0.3) is 11.4 Å². The molecular weight excluding hydrogens is 338 g/mol. The van der Waals surface area contributed by atoms with Crippen molar-refractivity contribution in [1.82, 2.24) is 15.0 Å². The maximum absolute atomic E-state index is 12.7. The van der Waals surface area contributed by atoms with Gasteiger partial charge >= 0.3 is 0 Å². The summed E-state index contributed by atoms with van der Waals surface area (Å²) in [6.45, 7) is 8.34. The fraction of sp³-hybridized carbons (Fsp3) is 0.238. The molecule has 2 aromatic carbocycles. The lowest BCUT2D eigenvalue weighted by Crippen LogP contribution is -2.15. The van der Waals surface area contributed by atoms with E-state index in [2.05, 4.69) is 41.0 Å². The fourth-order valence-corrected chi connectivity index (χ4v) is 2.77. The third-order valence-corrected chi connectivity index (χ3v) is 4.43. The van der Waals surface area contributed by atoms with Gasteiger partial charge in [0.25, 0.3) is 5.91 Å². The van der Waals surface area contributed by atoms with Gasteiger partial charge in [-0.25, -0.2) is 9.97 Å². The molecule has 1 amide bonds. The average Bonchev–Trinajstić information content (AvgIpc) is 2.63. The second-order valence-electron chi connectivity index (χ2n) is 7.43. The van der Waals surface area contributed by atoms with Crippen LogP contribution >= 0.6 is 0 Å². The number of carbonyl (C=O) groups is 1. The summed E-state index contributed by atoms with van der Waals surface area (Å²) in [6.07, 6.45) is 1.37. The van der Waals surface area contributed by atoms with E-state index in [4.69, 9.17) is 5.73 Å². The lowest BCUT2D eigenvalue weighted by atomic mass is 9.86. The number of nitrogens with two attached hydrogens (primary N) is 1. The smallest absolute Gasteiger partial charge is 0.255 e. The fourth-order valence-electron chi connectivity index (χ4n) is 2.77. The first-order valence-electron chi connectivity index (χ1n) is 8.72. The van der Waals surface area contributed by atoms with Gasteiger partial charge in [0, 0.05) is 16.8 Å². The van der Waals surface area contributed by atoms with Crippen molar-refractivity contribution in [1.29, 1.82) is 0 Å². The van der Waals surface area contributed by atoms with Crippen LogP contribution in [0.1, 0.15) is 42.3 Å². The molecule has 1 heterocycles. The number of anilines is 2. The normalized spacial score (nSPS) is 11.3. The number of amides is 1. The van der Waals surface area contributed by atoms with Gasteiger partial charge in [-0.2, -0.15) is 4.98 Å². The molecule has 0 saturated carbocycles. The molecule has 1 aromatic heterocycles. The highest BCUT2D eigenvalue weighted by Gasteiger charge is 2.15. The van der Waals surface area contributed by atoms with Crippen LogP contribution < -0.4 is 11.1 Å². The van der Waals surface area contributed by atoms with E-state index < -0.39 is 0 Å². The highest BCUT2D eigenvalue weighted by atomic mass is 16.1. The molecule has 6 heteroatoms. The van der Waals surface area contributed by atoms with Crippen LogP contribution in [0.2, 0.25) is 0 Å². The molecule has 0 fully saturated rings. The Hall–Kier alpha value is -3.28. The predicted octanol–water partition coefficient (Wildman–Crippen LogP) is 3.98. The topological polar surface area (TPSA) is 93.8 Å². The Morgan fingerprint density at radius 3 is 2.37 bits per heavy atom. The lowest BCUT2D eigenvalue weighted by Gasteiger charge is -2.19. The van der Waals surface area contributed by atoms with E-state index in [0.29, 0.717) is 17.1 Å². The molecule has 3 N–H and O–H groups in total. The van der Waals surface area contributed by atoms with Crippen molar-refractivity contribution >= 4 is 17.5 Å². The number of rotatable bonds is 3. The summed E-state index contributed by atoms with van der Waals surface area (Å²) in [5.41, 5.74) is 9.86. The van der Waals surface area contributed by atoms with Gasteiger partial charge in [0.05, 0.1) is 0 Å². The van der Waals surface area contributed by atoms with Gasteiger partial charge in [0.2, 0.25) is 5.95 Å². The number of carbonyl (C=O) groups excluding carboxylic acids is 1. The molecule has 0 aliphatic rings. The minimum Gasteiger partial charge on any atom is -0.368 e. The van der Waals surface area contributed by atoms with E-state index in [1.807, 2.05) is 49.4 Å². The number of benzene rings is 2. The quantitative estimate of drug-likeness (QED) is 0.736. The zero-order valence-electron chi connectivity index (χ0n) is 15.9. The van der Waals surface area contributed by atoms with E-state index in [-0.39, 0.29) is 17.3 Å². The number of nitrogen functional groups attached to an aromatic ring is 1. The number of aromatic nitrogens is 3. The van der Waals surface area contributed by atoms with E-state index >= 15 is 0 Å². The molecule has 0 unspecified atom stereocenters. The molecule has 0 aliphatic carbocycles. The summed E-state index contributed by atoms with van der Waals surface area (Å²) < 4.78 is 0. The van der Waals surface area contributed by atoms with Crippen LogP contribution in [0.3, 0.4) is 0 Å². The molecule has 138 valence electrons. The van der Waals surface area contributed by atoms with Crippen LogP contribution in [-0.4, -0.2) is 20.9 Å². The first kappa shape index (κ1) is 18.5. The van der Waals surface area contributed by atoms with Crippen LogP contribution in [0.15, 0.2) is 48.8 Å². The van der Waals surface area contributed by atoms with E-state index in [1.165, 1.54) is 11.9 Å². The van der Waals surface area contributed by atoms with Crippen molar-refractivity contribution in [2.24, 2.45) is 0 Å². The highest BCUT2D eigenvalue weighted by molar-refractivity contribution is 6.05. The standard InChI is InChI=1S/C21H23N5O/c1-13-16(18-23-12-24-20(22)26-18)6-5-7-17(13)25-19(27)14-8-10-15(11-9-14)21(2,3)4/h5-12H,1-4H3,(H,25,27)(H2,22,23,24,26). The number of hydrogen-bond acceptors (Lipinski definition) is 5. The summed E-state index contributed by atoms with van der Waals surface area (Å²) in [5.74, 6) is 0.476. The van der Waals surface area contributed by atoms with Crippen LogP contribution in [-0.2, 0) is 5.41 Å². The van der Waals surface area contributed by atoms with Gasteiger partial charge in [-0.15, -0.1) is 0 Å². The Balaban J connectivity index is 1.85. The SMILES string of the molecule is Cc1c(NC(=O)c2ccc(C(C)(C)C)cc2)cccc1-c1ncnc(N)n1. The third-order valence-electron chi connectivity index (χ3n) is 4.43. The molecule has 0 aliphatic heterocycles. The van der Waals surface area contributed by atoms with Gasteiger partial charge < -0.3 is 11.1 Å². The summed E-state index contributed by atoms with van der Waals surface area (Å²) in [6, 6.07) is 13.3. The predicted molar refractivity (Wildman–Crippen MR) is 108 cm³/mol. The molecule has 0 radical (unpaired) electrons. The largest absolute Gasteiger partial charge is 0.368 e. The van der Waals surface area contributed by atoms with Crippen molar-refractivity contribution in [3.05, 3.63) is 65.5 Å². The second kappa shape index (κ2) is 7.15. The molecule has 0 spiro atoms. The lowest BCUT2D eigenvalue weighted by molar-refractivity contribution is 0.102. The number of nitrogens with zero attached hydrogens (tertiary/aromatic N) is 3.